The third-order valence-electron chi connectivity index (χ3n) is 2.93. The van der Waals surface area contributed by atoms with E-state index in [1.54, 1.807) is 0 Å². The molecule has 3 nitrogen and oxygen atoms in total. The van der Waals surface area contributed by atoms with Gasteiger partial charge in [0.15, 0.2) is 0 Å². The van der Waals surface area contributed by atoms with Crippen LogP contribution in [0, 0.1) is 13.8 Å². The van der Waals surface area contributed by atoms with Gasteiger partial charge in [-0.05, 0) is 32.4 Å². The summed E-state index contributed by atoms with van der Waals surface area (Å²) in [6.07, 6.45) is 0. The number of hydrogen-bond acceptors (Lipinski definition) is 2. The molecular formula is C12H20F2N2O. The number of aliphatic hydroxyl groups is 1. The van der Waals surface area contributed by atoms with Crippen molar-refractivity contribution < 1.29 is 13.9 Å². The molecule has 1 heterocycles. The molecule has 0 fully saturated rings. The quantitative estimate of drug-likeness (QED) is 0.803. The maximum absolute atomic E-state index is 12.8. The van der Waals surface area contributed by atoms with Crippen molar-refractivity contribution >= 4 is 0 Å². The van der Waals surface area contributed by atoms with E-state index in [2.05, 4.69) is 16.8 Å². The highest BCUT2D eigenvalue weighted by Crippen LogP contribution is 2.15. The Balaban J connectivity index is 2.59. The van der Waals surface area contributed by atoms with Gasteiger partial charge in [0.2, 0.25) is 0 Å². The van der Waals surface area contributed by atoms with E-state index in [1.165, 1.54) is 0 Å². The number of nitrogens with one attached hydrogen (secondary N) is 1. The summed E-state index contributed by atoms with van der Waals surface area (Å²) in [5, 5.41) is 11.1. The van der Waals surface area contributed by atoms with Gasteiger partial charge in [0, 0.05) is 24.5 Å². The van der Waals surface area contributed by atoms with Gasteiger partial charge in [0.25, 0.3) is 5.92 Å². The first-order valence-corrected chi connectivity index (χ1v) is 5.76. The lowest BCUT2D eigenvalue weighted by molar-refractivity contribution is -0.0477. The molecule has 0 aliphatic heterocycles. The van der Waals surface area contributed by atoms with Crippen molar-refractivity contribution in [3.05, 3.63) is 23.0 Å². The summed E-state index contributed by atoms with van der Waals surface area (Å²) < 4.78 is 27.7. The Morgan fingerprint density at radius 2 is 2.06 bits per heavy atom. The third kappa shape index (κ3) is 3.51. The summed E-state index contributed by atoms with van der Waals surface area (Å²) in [5.41, 5.74) is 3.26. The first-order valence-electron chi connectivity index (χ1n) is 5.76. The normalized spacial score (nSPS) is 12.1. The molecule has 0 spiro atoms. The lowest BCUT2D eigenvalue weighted by Crippen LogP contribution is -2.35. The summed E-state index contributed by atoms with van der Waals surface area (Å²) in [7, 11) is 0. The van der Waals surface area contributed by atoms with Crippen LogP contribution in [0.3, 0.4) is 0 Å². The van der Waals surface area contributed by atoms with Crippen molar-refractivity contribution in [2.24, 2.45) is 0 Å². The van der Waals surface area contributed by atoms with Gasteiger partial charge in [-0.3, -0.25) is 0 Å². The number of hydrogen-bond donors (Lipinski definition) is 2. The Kier molecular flexibility index (Phi) is 4.65. The summed E-state index contributed by atoms with van der Waals surface area (Å²) >= 11 is 0. The average Bonchev–Trinajstić information content (AvgIpc) is 2.54. The molecule has 0 aliphatic carbocycles. The number of aromatic nitrogens is 1. The topological polar surface area (TPSA) is 37.2 Å². The number of halogens is 2. The second kappa shape index (κ2) is 5.60. The molecule has 1 aromatic heterocycles. The number of rotatable bonds is 6. The third-order valence-corrected chi connectivity index (χ3v) is 2.93. The van der Waals surface area contributed by atoms with Crippen LogP contribution in [0.5, 0.6) is 0 Å². The van der Waals surface area contributed by atoms with Crippen molar-refractivity contribution in [2.75, 3.05) is 13.2 Å². The van der Waals surface area contributed by atoms with Crippen LogP contribution in [0.2, 0.25) is 0 Å². The lowest BCUT2D eigenvalue weighted by Gasteiger charge is -2.14. The molecule has 0 aliphatic rings. The molecule has 0 amide bonds. The predicted octanol–water partition coefficient (Wildman–Crippen LogP) is 1.84. The smallest absolute Gasteiger partial charge is 0.282 e. The summed E-state index contributed by atoms with van der Waals surface area (Å²) in [4.78, 5) is 0. The Labute approximate surface area is 100 Å². The largest absolute Gasteiger partial charge is 0.390 e. The van der Waals surface area contributed by atoms with Crippen molar-refractivity contribution in [2.45, 2.75) is 39.8 Å². The molecule has 1 rings (SSSR count). The maximum Gasteiger partial charge on any atom is 0.282 e. The van der Waals surface area contributed by atoms with Crippen LogP contribution in [0.1, 0.15) is 23.9 Å². The summed E-state index contributed by atoms with van der Waals surface area (Å²) in [6, 6.07) is 2.00. The summed E-state index contributed by atoms with van der Waals surface area (Å²) in [6.45, 7) is 5.70. The monoisotopic (exact) mass is 246 g/mol. The molecule has 0 saturated carbocycles. The maximum atomic E-state index is 12.8. The van der Waals surface area contributed by atoms with Crippen LogP contribution in [-0.4, -0.2) is 28.7 Å². The van der Waals surface area contributed by atoms with Gasteiger partial charge in [0.1, 0.15) is 6.61 Å². The number of aryl methyl sites for hydroxylation is 1. The lowest BCUT2D eigenvalue weighted by atomic mass is 10.2. The fourth-order valence-corrected chi connectivity index (χ4v) is 1.97. The SMILES string of the molecule is CCn1c(C)cc(CNCC(F)(F)CO)c1C. The van der Waals surface area contributed by atoms with Gasteiger partial charge in [-0.2, -0.15) is 0 Å². The fourth-order valence-electron chi connectivity index (χ4n) is 1.97. The minimum Gasteiger partial charge on any atom is -0.390 e. The van der Waals surface area contributed by atoms with Crippen molar-refractivity contribution in [3.8, 4) is 0 Å². The van der Waals surface area contributed by atoms with E-state index in [9.17, 15) is 8.78 Å². The Morgan fingerprint density at radius 1 is 1.41 bits per heavy atom. The average molecular weight is 246 g/mol. The first kappa shape index (κ1) is 14.1. The molecule has 0 atom stereocenters. The molecule has 0 saturated heterocycles. The van der Waals surface area contributed by atoms with Crippen molar-refractivity contribution in [1.29, 1.82) is 0 Å². The van der Waals surface area contributed by atoms with Gasteiger partial charge in [-0.15, -0.1) is 0 Å². The van der Waals surface area contributed by atoms with Gasteiger partial charge >= 0.3 is 0 Å². The van der Waals surface area contributed by atoms with E-state index in [1.807, 2.05) is 19.9 Å². The molecule has 1 aromatic rings. The molecule has 0 aromatic carbocycles. The predicted molar refractivity (Wildman–Crippen MR) is 63.3 cm³/mol. The van der Waals surface area contributed by atoms with E-state index < -0.39 is 19.1 Å². The summed E-state index contributed by atoms with van der Waals surface area (Å²) in [5.74, 6) is -3.05. The second-order valence-corrected chi connectivity index (χ2v) is 4.26. The van der Waals surface area contributed by atoms with Crippen LogP contribution in [0.25, 0.3) is 0 Å². The molecule has 2 N–H and O–H groups in total. The van der Waals surface area contributed by atoms with Crippen LogP contribution in [-0.2, 0) is 13.1 Å². The fraction of sp³-hybridized carbons (Fsp3) is 0.667. The zero-order chi connectivity index (χ0) is 13.1. The van der Waals surface area contributed by atoms with E-state index in [4.69, 9.17) is 5.11 Å². The molecular weight excluding hydrogens is 226 g/mol. The number of aliphatic hydroxyl groups excluding tert-OH is 1. The highest BCUT2D eigenvalue weighted by molar-refractivity contribution is 5.26. The number of alkyl halides is 2. The van der Waals surface area contributed by atoms with E-state index >= 15 is 0 Å². The molecule has 0 bridgehead atoms. The highest BCUT2D eigenvalue weighted by atomic mass is 19.3. The zero-order valence-electron chi connectivity index (χ0n) is 10.6. The van der Waals surface area contributed by atoms with Gasteiger partial charge in [-0.1, -0.05) is 0 Å². The minimum atomic E-state index is -3.05. The molecule has 98 valence electrons. The van der Waals surface area contributed by atoms with Crippen LogP contribution < -0.4 is 5.32 Å². The minimum absolute atomic E-state index is 0.398. The second-order valence-electron chi connectivity index (χ2n) is 4.26. The van der Waals surface area contributed by atoms with Crippen molar-refractivity contribution in [3.63, 3.8) is 0 Å². The Hall–Kier alpha value is -0.940. The Morgan fingerprint density at radius 3 is 2.53 bits per heavy atom. The molecule has 5 heteroatoms. The van der Waals surface area contributed by atoms with Gasteiger partial charge in [-0.25, -0.2) is 8.78 Å². The van der Waals surface area contributed by atoms with Gasteiger partial charge in [0.05, 0.1) is 6.54 Å². The molecule has 0 unspecified atom stereocenters. The standard InChI is InChI=1S/C12H20F2N2O/c1-4-16-9(2)5-11(10(16)3)6-15-7-12(13,14)8-17/h5,15,17H,4,6-8H2,1-3H3. The van der Waals surface area contributed by atoms with Gasteiger partial charge < -0.3 is 15.0 Å². The van der Waals surface area contributed by atoms with Crippen molar-refractivity contribution in [1.82, 2.24) is 9.88 Å². The molecule has 17 heavy (non-hydrogen) atoms. The Bertz CT molecular complexity index is 375. The van der Waals surface area contributed by atoms with E-state index in [0.29, 0.717) is 6.54 Å². The van der Waals surface area contributed by atoms with E-state index in [-0.39, 0.29) is 0 Å². The number of nitrogens with zero attached hydrogens (tertiary/aromatic N) is 1. The first-order chi connectivity index (χ1) is 7.91. The van der Waals surface area contributed by atoms with Crippen LogP contribution in [0.4, 0.5) is 8.78 Å². The van der Waals surface area contributed by atoms with E-state index in [0.717, 1.165) is 23.5 Å². The zero-order valence-corrected chi connectivity index (χ0v) is 10.6. The van der Waals surface area contributed by atoms with Crippen LogP contribution >= 0.6 is 0 Å². The molecule has 0 radical (unpaired) electrons. The highest BCUT2D eigenvalue weighted by Gasteiger charge is 2.26. The van der Waals surface area contributed by atoms with Crippen LogP contribution in [0.15, 0.2) is 6.07 Å².